The number of thiophene rings is 1. The van der Waals surface area contributed by atoms with Gasteiger partial charge in [0.25, 0.3) is 0 Å². The zero-order valence-corrected chi connectivity index (χ0v) is 10.2. The highest BCUT2D eigenvalue weighted by Crippen LogP contribution is 2.08. The maximum atomic E-state index is 11.5. The molecule has 0 aliphatic heterocycles. The number of carboxylic acids is 1. The Kier molecular flexibility index (Phi) is 5.65. The first-order valence-electron chi connectivity index (χ1n) is 5.37. The molecule has 0 saturated carbocycles. The van der Waals surface area contributed by atoms with Gasteiger partial charge in [-0.05, 0) is 24.3 Å². The van der Waals surface area contributed by atoms with Crippen LogP contribution in [0.5, 0.6) is 0 Å². The van der Waals surface area contributed by atoms with E-state index in [1.54, 1.807) is 11.3 Å². The lowest BCUT2D eigenvalue weighted by Gasteiger charge is -2.10. The van der Waals surface area contributed by atoms with Gasteiger partial charge in [0.05, 0.1) is 6.04 Å². The summed E-state index contributed by atoms with van der Waals surface area (Å²) in [5, 5.41) is 13.1. The largest absolute Gasteiger partial charge is 0.481 e. The first-order chi connectivity index (χ1) is 8.09. The third-order valence-electron chi connectivity index (χ3n) is 2.26. The van der Waals surface area contributed by atoms with Gasteiger partial charge in [-0.1, -0.05) is 6.07 Å². The Morgan fingerprint density at radius 1 is 1.53 bits per heavy atom. The summed E-state index contributed by atoms with van der Waals surface area (Å²) in [6.45, 7) is 0.528. The Bertz CT molecular complexity index is 365. The van der Waals surface area contributed by atoms with Gasteiger partial charge < -0.3 is 16.2 Å². The zero-order chi connectivity index (χ0) is 12.7. The van der Waals surface area contributed by atoms with Crippen LogP contribution in [0.1, 0.15) is 17.7 Å². The molecule has 0 fully saturated rings. The Labute approximate surface area is 104 Å². The number of hydrogen-bond donors (Lipinski definition) is 3. The summed E-state index contributed by atoms with van der Waals surface area (Å²) in [5.74, 6) is -1.23. The molecule has 0 spiro atoms. The molecule has 1 rings (SSSR count). The quantitative estimate of drug-likeness (QED) is 0.666. The Morgan fingerprint density at radius 3 is 2.88 bits per heavy atom. The van der Waals surface area contributed by atoms with Crippen LogP contribution in [0, 0.1) is 0 Å². The fourth-order valence-electron chi connectivity index (χ4n) is 1.30. The zero-order valence-electron chi connectivity index (χ0n) is 9.39. The maximum Gasteiger partial charge on any atom is 0.303 e. The van der Waals surface area contributed by atoms with Gasteiger partial charge in [-0.25, -0.2) is 0 Å². The van der Waals surface area contributed by atoms with E-state index >= 15 is 0 Å². The summed E-state index contributed by atoms with van der Waals surface area (Å²) >= 11 is 1.64. The van der Waals surface area contributed by atoms with E-state index < -0.39 is 12.0 Å². The van der Waals surface area contributed by atoms with Gasteiger partial charge in [0.1, 0.15) is 0 Å². The summed E-state index contributed by atoms with van der Waals surface area (Å²) < 4.78 is 0. The van der Waals surface area contributed by atoms with Crippen LogP contribution >= 0.6 is 11.3 Å². The third kappa shape index (κ3) is 5.46. The molecule has 0 radical (unpaired) electrons. The van der Waals surface area contributed by atoms with E-state index in [-0.39, 0.29) is 18.7 Å². The van der Waals surface area contributed by atoms with E-state index in [4.69, 9.17) is 10.8 Å². The molecular weight excluding hydrogens is 240 g/mol. The van der Waals surface area contributed by atoms with Crippen LogP contribution in [0.4, 0.5) is 0 Å². The van der Waals surface area contributed by atoms with Crippen molar-refractivity contribution in [3.05, 3.63) is 22.4 Å². The molecule has 94 valence electrons. The van der Waals surface area contributed by atoms with Crippen molar-refractivity contribution in [2.75, 3.05) is 6.54 Å². The molecule has 1 amide bonds. The second-order valence-corrected chi connectivity index (χ2v) is 4.69. The standard InChI is InChI=1S/C11H16N2O3S/c12-9(3-4-10(14)15)11(16)13-6-5-8-2-1-7-17-8/h1-2,7,9H,3-6,12H2,(H,13,16)(H,14,15). The van der Waals surface area contributed by atoms with Crippen LogP contribution in [0.3, 0.4) is 0 Å². The van der Waals surface area contributed by atoms with Crippen LogP contribution in [-0.4, -0.2) is 29.6 Å². The summed E-state index contributed by atoms with van der Waals surface area (Å²) in [6, 6.07) is 3.22. The number of carboxylic acid groups (broad SMARTS) is 1. The average molecular weight is 256 g/mol. The lowest BCUT2D eigenvalue weighted by Crippen LogP contribution is -2.41. The predicted molar refractivity (Wildman–Crippen MR) is 65.9 cm³/mol. The third-order valence-corrected chi connectivity index (χ3v) is 3.19. The summed E-state index contributed by atoms with van der Waals surface area (Å²) in [7, 11) is 0. The molecule has 5 nitrogen and oxygen atoms in total. The molecule has 4 N–H and O–H groups in total. The smallest absolute Gasteiger partial charge is 0.303 e. The van der Waals surface area contributed by atoms with E-state index in [1.165, 1.54) is 4.88 Å². The lowest BCUT2D eigenvalue weighted by molar-refractivity contribution is -0.137. The molecule has 0 aliphatic rings. The Hall–Kier alpha value is -1.40. The molecule has 1 aromatic rings. The molecule has 0 bridgehead atoms. The molecule has 1 unspecified atom stereocenters. The minimum atomic E-state index is -0.938. The molecule has 1 atom stereocenters. The fourth-order valence-corrected chi connectivity index (χ4v) is 2.01. The average Bonchev–Trinajstić information content (AvgIpc) is 2.78. The molecule has 17 heavy (non-hydrogen) atoms. The fraction of sp³-hybridized carbons (Fsp3) is 0.455. The number of amides is 1. The van der Waals surface area contributed by atoms with Crippen molar-refractivity contribution in [1.82, 2.24) is 5.32 Å². The molecule has 0 aromatic carbocycles. The summed E-state index contributed by atoms with van der Waals surface area (Å²) in [4.78, 5) is 23.0. The Morgan fingerprint density at radius 2 is 2.29 bits per heavy atom. The van der Waals surface area contributed by atoms with Gasteiger partial charge >= 0.3 is 5.97 Å². The second-order valence-electron chi connectivity index (χ2n) is 3.66. The van der Waals surface area contributed by atoms with Crippen molar-refractivity contribution in [2.45, 2.75) is 25.3 Å². The predicted octanol–water partition coefficient (Wildman–Crippen LogP) is 0.599. The van der Waals surface area contributed by atoms with Gasteiger partial charge in [-0.3, -0.25) is 9.59 Å². The van der Waals surface area contributed by atoms with Crippen molar-refractivity contribution >= 4 is 23.2 Å². The molecule has 6 heteroatoms. The normalized spacial score (nSPS) is 12.1. The summed E-state index contributed by atoms with van der Waals surface area (Å²) in [6.07, 6.45) is 0.856. The van der Waals surface area contributed by atoms with Crippen LogP contribution in [0.15, 0.2) is 17.5 Å². The first kappa shape index (κ1) is 13.7. The van der Waals surface area contributed by atoms with E-state index in [9.17, 15) is 9.59 Å². The van der Waals surface area contributed by atoms with Gasteiger partial charge in [0.15, 0.2) is 0 Å². The molecule has 0 aliphatic carbocycles. The maximum absolute atomic E-state index is 11.5. The van der Waals surface area contributed by atoms with Crippen LogP contribution in [0.2, 0.25) is 0 Å². The van der Waals surface area contributed by atoms with Crippen molar-refractivity contribution < 1.29 is 14.7 Å². The number of rotatable bonds is 7. The van der Waals surface area contributed by atoms with Crippen molar-refractivity contribution in [1.29, 1.82) is 0 Å². The topological polar surface area (TPSA) is 92.4 Å². The highest BCUT2D eigenvalue weighted by molar-refractivity contribution is 7.09. The number of hydrogen-bond acceptors (Lipinski definition) is 4. The molecular formula is C11H16N2O3S. The van der Waals surface area contributed by atoms with E-state index in [0.29, 0.717) is 6.54 Å². The van der Waals surface area contributed by atoms with E-state index in [2.05, 4.69) is 5.32 Å². The Balaban J connectivity index is 2.17. The SMILES string of the molecule is NC(CCC(=O)O)C(=O)NCCc1cccs1. The molecule has 1 aromatic heterocycles. The van der Waals surface area contributed by atoms with Crippen LogP contribution < -0.4 is 11.1 Å². The van der Waals surface area contributed by atoms with Crippen LogP contribution in [0.25, 0.3) is 0 Å². The van der Waals surface area contributed by atoms with Crippen molar-refractivity contribution in [3.8, 4) is 0 Å². The number of nitrogens with two attached hydrogens (primary N) is 1. The highest BCUT2D eigenvalue weighted by atomic mass is 32.1. The van der Waals surface area contributed by atoms with Crippen LogP contribution in [-0.2, 0) is 16.0 Å². The highest BCUT2D eigenvalue weighted by Gasteiger charge is 2.14. The van der Waals surface area contributed by atoms with Gasteiger partial charge in [-0.15, -0.1) is 11.3 Å². The molecule has 1 heterocycles. The number of aliphatic carboxylic acids is 1. The van der Waals surface area contributed by atoms with E-state index in [0.717, 1.165) is 6.42 Å². The minimum Gasteiger partial charge on any atom is -0.481 e. The molecule has 0 saturated heterocycles. The van der Waals surface area contributed by atoms with Crippen molar-refractivity contribution in [2.24, 2.45) is 5.73 Å². The van der Waals surface area contributed by atoms with Crippen molar-refractivity contribution in [3.63, 3.8) is 0 Å². The first-order valence-corrected chi connectivity index (χ1v) is 6.25. The second kappa shape index (κ2) is 7.03. The monoisotopic (exact) mass is 256 g/mol. The van der Waals surface area contributed by atoms with Gasteiger partial charge in [0, 0.05) is 17.8 Å². The number of carbonyl (C=O) groups is 2. The lowest BCUT2D eigenvalue weighted by atomic mass is 10.1. The van der Waals surface area contributed by atoms with Gasteiger partial charge in [-0.2, -0.15) is 0 Å². The van der Waals surface area contributed by atoms with Gasteiger partial charge in [0.2, 0.25) is 5.91 Å². The number of nitrogens with one attached hydrogen (secondary N) is 1. The summed E-state index contributed by atoms with van der Waals surface area (Å²) in [5.41, 5.74) is 5.55. The van der Waals surface area contributed by atoms with E-state index in [1.807, 2.05) is 17.5 Å². The minimum absolute atomic E-state index is 0.0838. The number of carbonyl (C=O) groups excluding carboxylic acids is 1.